The lowest BCUT2D eigenvalue weighted by atomic mass is 10.2. The van der Waals surface area contributed by atoms with Crippen molar-refractivity contribution in [2.75, 3.05) is 13.2 Å². The first kappa shape index (κ1) is 22.7. The fraction of sp³-hybridized carbons (Fsp3) is 0.273. The van der Waals surface area contributed by atoms with E-state index in [9.17, 15) is 0 Å². The first-order valence-electron chi connectivity index (χ1n) is 9.54. The molecule has 0 fully saturated rings. The summed E-state index contributed by atoms with van der Waals surface area (Å²) in [5.74, 6) is 2.34. The minimum atomic E-state index is 0. The van der Waals surface area contributed by atoms with Crippen molar-refractivity contribution in [3.8, 4) is 17.1 Å². The number of nitrogens with one attached hydrogen (secondary N) is 2. The van der Waals surface area contributed by atoms with Gasteiger partial charge < -0.3 is 19.9 Å². The fourth-order valence-electron chi connectivity index (χ4n) is 2.74. The molecular formula is C22H27IN4O2. The van der Waals surface area contributed by atoms with Crippen LogP contribution in [-0.2, 0) is 13.1 Å². The van der Waals surface area contributed by atoms with Crippen LogP contribution in [0.4, 0.5) is 0 Å². The van der Waals surface area contributed by atoms with E-state index in [4.69, 9.17) is 9.26 Å². The lowest BCUT2D eigenvalue weighted by Crippen LogP contribution is -2.36. The smallest absolute Gasteiger partial charge is 0.191 e. The SMILES string of the molecule is CCNC(=NCc1ccccc1OCC)NCc1cc(-c2ccccc2)on1.I. The summed E-state index contributed by atoms with van der Waals surface area (Å²) in [5, 5.41) is 10.7. The maximum absolute atomic E-state index is 5.67. The predicted molar refractivity (Wildman–Crippen MR) is 127 cm³/mol. The molecule has 0 saturated carbocycles. The van der Waals surface area contributed by atoms with Gasteiger partial charge in [-0.2, -0.15) is 0 Å². The summed E-state index contributed by atoms with van der Waals surface area (Å²) >= 11 is 0. The van der Waals surface area contributed by atoms with E-state index < -0.39 is 0 Å². The van der Waals surface area contributed by atoms with Crippen LogP contribution in [0, 0.1) is 0 Å². The van der Waals surface area contributed by atoms with E-state index in [1.54, 1.807) is 0 Å². The molecule has 0 saturated heterocycles. The third-order valence-electron chi connectivity index (χ3n) is 4.08. The molecule has 154 valence electrons. The van der Waals surface area contributed by atoms with Gasteiger partial charge in [0.1, 0.15) is 11.4 Å². The third kappa shape index (κ3) is 6.77. The maximum atomic E-state index is 5.67. The molecule has 0 atom stereocenters. The Morgan fingerprint density at radius 2 is 1.79 bits per heavy atom. The zero-order chi connectivity index (χ0) is 19.6. The lowest BCUT2D eigenvalue weighted by molar-refractivity contribution is 0.336. The van der Waals surface area contributed by atoms with Crippen LogP contribution in [0.3, 0.4) is 0 Å². The van der Waals surface area contributed by atoms with Crippen LogP contribution in [0.15, 0.2) is 70.2 Å². The Kier molecular flexibility index (Phi) is 9.49. The third-order valence-corrected chi connectivity index (χ3v) is 4.08. The quantitative estimate of drug-likeness (QED) is 0.265. The van der Waals surface area contributed by atoms with E-state index in [1.807, 2.05) is 74.5 Å². The van der Waals surface area contributed by atoms with Gasteiger partial charge in [0.15, 0.2) is 11.7 Å². The minimum Gasteiger partial charge on any atom is -0.494 e. The van der Waals surface area contributed by atoms with Crippen molar-refractivity contribution in [3.05, 3.63) is 71.9 Å². The number of para-hydroxylation sites is 1. The summed E-state index contributed by atoms with van der Waals surface area (Å²) in [4.78, 5) is 4.66. The van der Waals surface area contributed by atoms with Gasteiger partial charge in [-0.3, -0.25) is 0 Å². The molecule has 1 heterocycles. The van der Waals surface area contributed by atoms with Crippen LogP contribution in [-0.4, -0.2) is 24.3 Å². The molecule has 0 aliphatic carbocycles. The Morgan fingerprint density at radius 3 is 2.55 bits per heavy atom. The number of aromatic nitrogens is 1. The molecule has 0 bridgehead atoms. The zero-order valence-electron chi connectivity index (χ0n) is 16.7. The average molecular weight is 506 g/mol. The van der Waals surface area contributed by atoms with Gasteiger partial charge in [-0.15, -0.1) is 24.0 Å². The van der Waals surface area contributed by atoms with Crippen molar-refractivity contribution in [2.24, 2.45) is 4.99 Å². The highest BCUT2D eigenvalue weighted by molar-refractivity contribution is 14.0. The normalized spacial score (nSPS) is 10.9. The topological polar surface area (TPSA) is 71.7 Å². The Bertz CT molecular complexity index is 897. The standard InChI is InChI=1S/C22H26N4O2.HI/c1-3-23-22(24-15-18-12-8-9-13-20(18)27-4-2)25-16-19-14-21(28-26-19)17-10-6-5-7-11-17;/h5-14H,3-4,15-16H2,1-2H3,(H2,23,24,25);1H. The fourth-order valence-corrected chi connectivity index (χ4v) is 2.74. The molecule has 2 aromatic carbocycles. The molecule has 0 radical (unpaired) electrons. The van der Waals surface area contributed by atoms with Gasteiger partial charge in [-0.1, -0.05) is 53.7 Å². The van der Waals surface area contributed by atoms with E-state index in [0.717, 1.165) is 40.8 Å². The van der Waals surface area contributed by atoms with E-state index in [2.05, 4.69) is 20.8 Å². The second-order valence-electron chi connectivity index (χ2n) is 6.14. The van der Waals surface area contributed by atoms with Gasteiger partial charge in [0, 0.05) is 23.7 Å². The highest BCUT2D eigenvalue weighted by atomic mass is 127. The van der Waals surface area contributed by atoms with Crippen molar-refractivity contribution in [1.82, 2.24) is 15.8 Å². The number of hydrogen-bond acceptors (Lipinski definition) is 4. The second-order valence-corrected chi connectivity index (χ2v) is 6.14. The van der Waals surface area contributed by atoms with Crippen LogP contribution < -0.4 is 15.4 Å². The number of halogens is 1. The van der Waals surface area contributed by atoms with E-state index in [0.29, 0.717) is 19.7 Å². The molecular weight excluding hydrogens is 479 g/mol. The highest BCUT2D eigenvalue weighted by Gasteiger charge is 2.08. The molecule has 3 aromatic rings. The van der Waals surface area contributed by atoms with Gasteiger partial charge in [-0.05, 0) is 19.9 Å². The number of guanidine groups is 1. The average Bonchev–Trinajstić information content (AvgIpc) is 3.21. The van der Waals surface area contributed by atoms with Gasteiger partial charge >= 0.3 is 0 Å². The van der Waals surface area contributed by atoms with Crippen molar-refractivity contribution < 1.29 is 9.26 Å². The number of nitrogens with zero attached hydrogens (tertiary/aromatic N) is 2. The molecule has 0 spiro atoms. The molecule has 6 nitrogen and oxygen atoms in total. The second kappa shape index (κ2) is 12.1. The molecule has 2 N–H and O–H groups in total. The molecule has 29 heavy (non-hydrogen) atoms. The van der Waals surface area contributed by atoms with Gasteiger partial charge in [0.25, 0.3) is 0 Å². The summed E-state index contributed by atoms with van der Waals surface area (Å²) < 4.78 is 11.1. The largest absolute Gasteiger partial charge is 0.494 e. The van der Waals surface area contributed by atoms with E-state index >= 15 is 0 Å². The zero-order valence-corrected chi connectivity index (χ0v) is 19.1. The lowest BCUT2D eigenvalue weighted by Gasteiger charge is -2.11. The molecule has 0 amide bonds. The number of benzene rings is 2. The summed E-state index contributed by atoms with van der Waals surface area (Å²) in [6, 6.07) is 19.8. The van der Waals surface area contributed by atoms with Crippen LogP contribution in [0.5, 0.6) is 5.75 Å². The van der Waals surface area contributed by atoms with Crippen LogP contribution in [0.1, 0.15) is 25.1 Å². The highest BCUT2D eigenvalue weighted by Crippen LogP contribution is 2.20. The Labute approximate surface area is 188 Å². The first-order valence-corrected chi connectivity index (χ1v) is 9.54. The summed E-state index contributed by atoms with van der Waals surface area (Å²) in [7, 11) is 0. The van der Waals surface area contributed by atoms with E-state index in [-0.39, 0.29) is 24.0 Å². The number of ether oxygens (including phenoxy) is 1. The Balaban J connectivity index is 0.00000300. The number of rotatable bonds is 8. The van der Waals surface area contributed by atoms with Crippen molar-refractivity contribution >= 4 is 29.9 Å². The Hall–Kier alpha value is -2.55. The van der Waals surface area contributed by atoms with Gasteiger partial charge in [-0.25, -0.2) is 4.99 Å². The van der Waals surface area contributed by atoms with Crippen LogP contribution in [0.2, 0.25) is 0 Å². The van der Waals surface area contributed by atoms with Crippen molar-refractivity contribution in [1.29, 1.82) is 0 Å². The summed E-state index contributed by atoms with van der Waals surface area (Å²) in [6.45, 7) is 6.47. The summed E-state index contributed by atoms with van der Waals surface area (Å²) in [6.07, 6.45) is 0. The van der Waals surface area contributed by atoms with Crippen LogP contribution in [0.25, 0.3) is 11.3 Å². The molecule has 0 aliphatic heterocycles. The molecule has 1 aromatic heterocycles. The molecule has 0 unspecified atom stereocenters. The molecule has 3 rings (SSSR count). The number of aliphatic imine (C=N–C) groups is 1. The number of hydrogen-bond donors (Lipinski definition) is 2. The summed E-state index contributed by atoms with van der Waals surface area (Å²) in [5.41, 5.74) is 2.88. The Morgan fingerprint density at radius 1 is 1.03 bits per heavy atom. The first-order chi connectivity index (χ1) is 13.8. The van der Waals surface area contributed by atoms with Crippen molar-refractivity contribution in [3.63, 3.8) is 0 Å². The molecule has 0 aliphatic rings. The maximum Gasteiger partial charge on any atom is 0.191 e. The van der Waals surface area contributed by atoms with E-state index in [1.165, 1.54) is 0 Å². The van der Waals surface area contributed by atoms with Crippen LogP contribution >= 0.6 is 24.0 Å². The van der Waals surface area contributed by atoms with Crippen molar-refractivity contribution in [2.45, 2.75) is 26.9 Å². The minimum absolute atomic E-state index is 0. The monoisotopic (exact) mass is 506 g/mol. The van der Waals surface area contributed by atoms with Gasteiger partial charge in [0.2, 0.25) is 0 Å². The molecule has 7 heteroatoms. The van der Waals surface area contributed by atoms with Gasteiger partial charge in [0.05, 0.1) is 19.7 Å². The predicted octanol–water partition coefficient (Wildman–Crippen LogP) is 4.61.